The van der Waals surface area contributed by atoms with Gasteiger partial charge in [-0.15, -0.1) is 13.2 Å². The summed E-state index contributed by atoms with van der Waals surface area (Å²) in [4.78, 5) is 0. The number of unbranched alkanes of at least 4 members (excludes halogenated alkanes) is 1. The molecule has 0 radical (unpaired) electrons. The van der Waals surface area contributed by atoms with Crippen molar-refractivity contribution in [2.45, 2.75) is 63.6 Å². The van der Waals surface area contributed by atoms with Crippen LogP contribution in [-0.4, -0.2) is 13.0 Å². The van der Waals surface area contributed by atoms with Crippen molar-refractivity contribution in [3.05, 3.63) is 66.0 Å². The van der Waals surface area contributed by atoms with Crippen LogP contribution in [0, 0.1) is 11.7 Å². The maximum absolute atomic E-state index is 14.0. The third-order valence-electron chi connectivity index (χ3n) is 6.15. The topological polar surface area (TPSA) is 9.23 Å². The van der Waals surface area contributed by atoms with Crippen molar-refractivity contribution in [2.75, 3.05) is 6.67 Å². The molecule has 0 saturated heterocycles. The Labute approximate surface area is 186 Å². The molecule has 0 N–H and O–H groups in total. The first-order valence-corrected chi connectivity index (χ1v) is 11.2. The average molecular weight is 453 g/mol. The Morgan fingerprint density at radius 1 is 0.875 bits per heavy atom. The molecule has 2 aromatic rings. The SMILES string of the molecule is FCCC=CCCC[C@H]1CC[C@H](c2ccc(-c3ccc(OC(F)(F)F)c(F)c3)cc2)CC1. The summed E-state index contributed by atoms with van der Waals surface area (Å²) in [6.07, 6.45) is 7.65. The van der Waals surface area contributed by atoms with Gasteiger partial charge in [-0.05, 0) is 85.6 Å². The molecule has 1 saturated carbocycles. The number of rotatable bonds is 9. The molecule has 1 aliphatic carbocycles. The lowest BCUT2D eigenvalue weighted by molar-refractivity contribution is -0.275. The van der Waals surface area contributed by atoms with Crippen molar-refractivity contribution in [3.8, 4) is 16.9 Å². The van der Waals surface area contributed by atoms with Crippen molar-refractivity contribution in [2.24, 2.45) is 5.92 Å². The largest absolute Gasteiger partial charge is 0.573 e. The molecule has 0 bridgehead atoms. The smallest absolute Gasteiger partial charge is 0.403 e. The van der Waals surface area contributed by atoms with Crippen molar-refractivity contribution in [1.29, 1.82) is 0 Å². The second kappa shape index (κ2) is 11.5. The maximum atomic E-state index is 14.0. The van der Waals surface area contributed by atoms with Crippen LogP contribution in [0.25, 0.3) is 11.1 Å². The highest BCUT2D eigenvalue weighted by molar-refractivity contribution is 5.64. The third-order valence-corrected chi connectivity index (χ3v) is 6.15. The zero-order valence-electron chi connectivity index (χ0n) is 18.0. The van der Waals surface area contributed by atoms with E-state index in [4.69, 9.17) is 0 Å². The Morgan fingerprint density at radius 2 is 1.53 bits per heavy atom. The number of hydrogen-bond acceptors (Lipinski definition) is 1. The van der Waals surface area contributed by atoms with E-state index in [1.54, 1.807) is 0 Å². The highest BCUT2D eigenvalue weighted by atomic mass is 19.4. The fourth-order valence-electron chi connectivity index (χ4n) is 4.44. The lowest BCUT2D eigenvalue weighted by atomic mass is 9.77. The van der Waals surface area contributed by atoms with E-state index in [-0.39, 0.29) is 6.67 Å². The maximum Gasteiger partial charge on any atom is 0.573 e. The summed E-state index contributed by atoms with van der Waals surface area (Å²) >= 11 is 0. The standard InChI is InChI=1S/C26H29F5O/c27-17-5-3-1-2-4-6-19-7-9-20(10-8-19)21-11-13-22(14-12-21)23-15-16-25(24(28)18-23)32-26(29,30)31/h1,3,11-16,18-20H,2,4-10,17H2/t19-,20-. The molecule has 0 aliphatic heterocycles. The number of benzene rings is 2. The van der Waals surface area contributed by atoms with Crippen LogP contribution >= 0.6 is 0 Å². The fourth-order valence-corrected chi connectivity index (χ4v) is 4.44. The summed E-state index contributed by atoms with van der Waals surface area (Å²) in [5, 5.41) is 0. The van der Waals surface area contributed by atoms with Gasteiger partial charge in [0.25, 0.3) is 0 Å². The summed E-state index contributed by atoms with van der Waals surface area (Å²) in [7, 11) is 0. The zero-order chi connectivity index (χ0) is 23.0. The van der Waals surface area contributed by atoms with E-state index in [2.05, 4.69) is 10.8 Å². The molecular weight excluding hydrogens is 423 g/mol. The second-order valence-electron chi connectivity index (χ2n) is 8.41. The monoisotopic (exact) mass is 452 g/mol. The Balaban J connectivity index is 1.50. The molecule has 3 rings (SSSR count). The van der Waals surface area contributed by atoms with E-state index in [1.165, 1.54) is 30.9 Å². The number of halogens is 5. The summed E-state index contributed by atoms with van der Waals surface area (Å²) in [6.45, 7) is -0.290. The molecule has 6 heteroatoms. The van der Waals surface area contributed by atoms with Gasteiger partial charge < -0.3 is 4.74 Å². The first-order chi connectivity index (χ1) is 15.4. The summed E-state index contributed by atoms with van der Waals surface area (Å²) in [5.74, 6) is -0.616. The molecule has 1 fully saturated rings. The van der Waals surface area contributed by atoms with Gasteiger partial charge in [0, 0.05) is 0 Å². The molecule has 0 amide bonds. The minimum atomic E-state index is -4.92. The van der Waals surface area contributed by atoms with Gasteiger partial charge in [0.05, 0.1) is 6.67 Å². The average Bonchev–Trinajstić information content (AvgIpc) is 2.77. The van der Waals surface area contributed by atoms with Gasteiger partial charge in [0.15, 0.2) is 11.6 Å². The lowest BCUT2D eigenvalue weighted by Crippen LogP contribution is -2.17. The van der Waals surface area contributed by atoms with Crippen LogP contribution in [0.3, 0.4) is 0 Å². The Bertz CT molecular complexity index is 865. The highest BCUT2D eigenvalue weighted by Crippen LogP contribution is 2.38. The Morgan fingerprint density at radius 3 is 2.16 bits per heavy atom. The predicted octanol–water partition coefficient (Wildman–Crippen LogP) is 8.75. The van der Waals surface area contributed by atoms with Crippen LogP contribution in [0.2, 0.25) is 0 Å². The number of ether oxygens (including phenoxy) is 1. The van der Waals surface area contributed by atoms with Crippen LogP contribution in [0.1, 0.15) is 62.8 Å². The van der Waals surface area contributed by atoms with Crippen LogP contribution in [0.4, 0.5) is 22.0 Å². The van der Waals surface area contributed by atoms with Gasteiger partial charge in [0.1, 0.15) is 0 Å². The normalized spacial score (nSPS) is 19.4. The lowest BCUT2D eigenvalue weighted by Gasteiger charge is -2.29. The molecule has 0 atom stereocenters. The first kappa shape index (κ1) is 24.3. The molecule has 1 nitrogen and oxygen atoms in total. The van der Waals surface area contributed by atoms with Gasteiger partial charge in [-0.2, -0.15) is 0 Å². The van der Waals surface area contributed by atoms with E-state index in [0.29, 0.717) is 17.9 Å². The van der Waals surface area contributed by atoms with E-state index in [1.807, 2.05) is 30.3 Å². The van der Waals surface area contributed by atoms with E-state index >= 15 is 0 Å². The Hall–Kier alpha value is -2.37. The van der Waals surface area contributed by atoms with Crippen LogP contribution in [-0.2, 0) is 0 Å². The first-order valence-electron chi connectivity index (χ1n) is 11.2. The Kier molecular flexibility index (Phi) is 8.71. The third kappa shape index (κ3) is 7.35. The van der Waals surface area contributed by atoms with Crippen LogP contribution < -0.4 is 4.74 Å². The quantitative estimate of drug-likeness (QED) is 0.210. The van der Waals surface area contributed by atoms with Crippen molar-refractivity contribution in [3.63, 3.8) is 0 Å². The minimum absolute atomic E-state index is 0.290. The molecule has 32 heavy (non-hydrogen) atoms. The molecule has 1 aliphatic rings. The molecule has 0 heterocycles. The molecule has 174 valence electrons. The second-order valence-corrected chi connectivity index (χ2v) is 8.41. The minimum Gasteiger partial charge on any atom is -0.403 e. The highest BCUT2D eigenvalue weighted by Gasteiger charge is 2.32. The summed E-state index contributed by atoms with van der Waals surface area (Å²) in [5.41, 5.74) is 2.51. The van der Waals surface area contributed by atoms with Gasteiger partial charge in [-0.1, -0.05) is 48.9 Å². The van der Waals surface area contributed by atoms with Crippen molar-refractivity contribution in [1.82, 2.24) is 0 Å². The fraction of sp³-hybridized carbons (Fsp3) is 0.462. The van der Waals surface area contributed by atoms with Gasteiger partial charge in [-0.25, -0.2) is 4.39 Å². The van der Waals surface area contributed by atoms with Gasteiger partial charge in [-0.3, -0.25) is 4.39 Å². The predicted molar refractivity (Wildman–Crippen MR) is 117 cm³/mol. The van der Waals surface area contributed by atoms with Crippen LogP contribution in [0.5, 0.6) is 5.75 Å². The van der Waals surface area contributed by atoms with E-state index < -0.39 is 17.9 Å². The summed E-state index contributed by atoms with van der Waals surface area (Å²) < 4.78 is 66.6. The van der Waals surface area contributed by atoms with E-state index in [0.717, 1.165) is 49.3 Å². The van der Waals surface area contributed by atoms with Crippen LogP contribution in [0.15, 0.2) is 54.6 Å². The van der Waals surface area contributed by atoms with Gasteiger partial charge in [0.2, 0.25) is 0 Å². The van der Waals surface area contributed by atoms with Crippen molar-refractivity contribution >= 4 is 0 Å². The van der Waals surface area contributed by atoms with Crippen molar-refractivity contribution < 1.29 is 26.7 Å². The zero-order valence-corrected chi connectivity index (χ0v) is 18.0. The van der Waals surface area contributed by atoms with Gasteiger partial charge >= 0.3 is 6.36 Å². The van der Waals surface area contributed by atoms with E-state index in [9.17, 15) is 22.0 Å². The molecule has 0 unspecified atom stereocenters. The molecule has 0 aromatic heterocycles. The number of hydrogen-bond donors (Lipinski definition) is 0. The molecule has 2 aromatic carbocycles. The molecule has 0 spiro atoms. The number of alkyl halides is 4. The number of allylic oxidation sites excluding steroid dienone is 2. The summed E-state index contributed by atoms with van der Waals surface area (Å²) in [6, 6.07) is 11.4. The molecular formula is C26H29F5O.